The monoisotopic (exact) mass is 501 g/mol. The molecule has 0 aliphatic carbocycles. The summed E-state index contributed by atoms with van der Waals surface area (Å²) in [5, 5.41) is 6.81. The first-order valence-electron chi connectivity index (χ1n) is 10.8. The Bertz CT molecular complexity index is 1310. The molecule has 0 fully saturated rings. The molecule has 0 saturated carbocycles. The first-order chi connectivity index (χ1) is 16.9. The van der Waals surface area contributed by atoms with Gasteiger partial charge in [0, 0.05) is 30.4 Å². The molecule has 0 spiro atoms. The van der Waals surface area contributed by atoms with Gasteiger partial charge in [-0.1, -0.05) is 18.7 Å². The average molecular weight is 502 g/mol. The number of benzene rings is 2. The summed E-state index contributed by atoms with van der Waals surface area (Å²) in [6, 6.07) is 7.77. The van der Waals surface area contributed by atoms with Gasteiger partial charge in [0.2, 0.25) is 5.69 Å². The van der Waals surface area contributed by atoms with E-state index in [-0.39, 0.29) is 23.6 Å². The molecule has 0 aliphatic rings. The molecule has 3 rings (SSSR count). The molecule has 2 aromatic carbocycles. The number of nitrogens with two attached hydrogens (primary N) is 2. The van der Waals surface area contributed by atoms with Crippen molar-refractivity contribution in [3.05, 3.63) is 89.4 Å². The van der Waals surface area contributed by atoms with Crippen LogP contribution < -0.4 is 31.3 Å². The van der Waals surface area contributed by atoms with Crippen LogP contribution in [0.3, 0.4) is 0 Å². The van der Waals surface area contributed by atoms with Gasteiger partial charge >= 0.3 is 6.18 Å². The van der Waals surface area contributed by atoms with E-state index >= 15 is 0 Å². The van der Waals surface area contributed by atoms with Crippen LogP contribution in [0.1, 0.15) is 32.7 Å². The number of amides is 1. The van der Waals surface area contributed by atoms with E-state index < -0.39 is 17.6 Å². The van der Waals surface area contributed by atoms with Crippen LogP contribution in [0.15, 0.2) is 61.4 Å². The molecule has 11 heteroatoms. The number of hydrogen-bond donors (Lipinski definition) is 4. The van der Waals surface area contributed by atoms with Crippen LogP contribution >= 0.6 is 0 Å². The van der Waals surface area contributed by atoms with Crippen LogP contribution in [0.25, 0.3) is 5.70 Å². The van der Waals surface area contributed by atoms with Crippen molar-refractivity contribution in [3.63, 3.8) is 0 Å². The van der Waals surface area contributed by atoms with Crippen LogP contribution in [0.4, 0.5) is 24.5 Å². The molecule has 0 bridgehead atoms. The first-order valence-corrected chi connectivity index (χ1v) is 10.8. The third kappa shape index (κ3) is 6.05. The maximum Gasteiger partial charge on any atom is 0.416 e. The number of halogens is 3. The van der Waals surface area contributed by atoms with E-state index in [0.717, 1.165) is 29.0 Å². The highest BCUT2D eigenvalue weighted by atomic mass is 19.4. The summed E-state index contributed by atoms with van der Waals surface area (Å²) in [5.41, 5.74) is 8.69. The van der Waals surface area contributed by atoms with Crippen molar-refractivity contribution >= 4 is 23.0 Å². The number of H-pyrrole nitrogens is 1. The molecular weight excluding hydrogens is 473 g/mol. The van der Waals surface area contributed by atoms with Gasteiger partial charge in [0.05, 0.1) is 28.7 Å². The number of carbonyl (C=O) groups excluding carboxylic acids is 1. The maximum atomic E-state index is 13.3. The van der Waals surface area contributed by atoms with E-state index in [9.17, 15) is 18.0 Å². The van der Waals surface area contributed by atoms with Gasteiger partial charge in [-0.05, 0) is 36.8 Å². The number of anilines is 2. The van der Waals surface area contributed by atoms with E-state index in [1.54, 1.807) is 29.9 Å². The third-order valence-electron chi connectivity index (χ3n) is 5.49. The fourth-order valence-corrected chi connectivity index (χ4v) is 3.43. The minimum absolute atomic E-state index is 0.0134. The summed E-state index contributed by atoms with van der Waals surface area (Å²) in [4.78, 5) is 12.9. The number of hydrazine groups is 1. The number of nitrogens with zero attached hydrogens (tertiary/aromatic N) is 2. The minimum atomic E-state index is -4.62. The predicted octanol–water partition coefficient (Wildman–Crippen LogP) is 3.93. The van der Waals surface area contributed by atoms with Gasteiger partial charge in [0.15, 0.2) is 7.05 Å². The van der Waals surface area contributed by atoms with Gasteiger partial charge in [-0.3, -0.25) is 9.80 Å². The number of alkyl halides is 3. The van der Waals surface area contributed by atoms with E-state index in [1.807, 2.05) is 14.0 Å². The second-order valence-corrected chi connectivity index (χ2v) is 8.12. The Morgan fingerprint density at radius 1 is 1.25 bits per heavy atom. The Kier molecular flexibility index (Phi) is 7.74. The van der Waals surface area contributed by atoms with E-state index in [1.165, 1.54) is 29.4 Å². The maximum absolute atomic E-state index is 13.3. The quantitative estimate of drug-likeness (QED) is 0.162. The molecule has 0 aliphatic heterocycles. The molecule has 0 radical (unpaired) electrons. The molecule has 1 aromatic heterocycles. The van der Waals surface area contributed by atoms with Crippen LogP contribution in [0.2, 0.25) is 0 Å². The molecule has 6 N–H and O–H groups in total. The summed E-state index contributed by atoms with van der Waals surface area (Å²) < 4.78 is 47.1. The predicted molar refractivity (Wildman–Crippen MR) is 132 cm³/mol. The standard InChI is InChI=1S/C25H27F3N6O2/c1-5-8-36-20-11-18(25(26,27)28)10-19(12-20)32-24(35)17-7-6-15(2)23(9-17)34(30)14-22(29)21-13-31-33(4)16(21)3/h5-7,9-14H,1,8,29-30H2,2-4H3,(H,32,35)/p+1. The minimum Gasteiger partial charge on any atom is -0.489 e. The topological polar surface area (TPSA) is 113 Å². The Morgan fingerprint density at radius 2 is 1.97 bits per heavy atom. The fourth-order valence-electron chi connectivity index (χ4n) is 3.43. The summed E-state index contributed by atoms with van der Waals surface area (Å²) in [6.07, 6.45) is 0.0543. The van der Waals surface area contributed by atoms with Gasteiger partial charge < -0.3 is 15.8 Å². The van der Waals surface area contributed by atoms with Gasteiger partial charge in [-0.25, -0.2) is 5.84 Å². The third-order valence-corrected chi connectivity index (χ3v) is 5.49. The molecule has 36 heavy (non-hydrogen) atoms. The van der Waals surface area contributed by atoms with Crippen molar-refractivity contribution in [1.29, 1.82) is 0 Å². The Labute approximate surface area is 206 Å². The van der Waals surface area contributed by atoms with Crippen LogP contribution in [0.5, 0.6) is 5.75 Å². The molecule has 0 atom stereocenters. The van der Waals surface area contributed by atoms with Crippen molar-refractivity contribution < 1.29 is 27.4 Å². The highest BCUT2D eigenvalue weighted by Crippen LogP contribution is 2.34. The van der Waals surface area contributed by atoms with Gasteiger partial charge in [0.1, 0.15) is 12.4 Å². The Morgan fingerprint density at radius 3 is 2.58 bits per heavy atom. The van der Waals surface area contributed by atoms with Crippen molar-refractivity contribution in [2.75, 3.05) is 16.9 Å². The first kappa shape index (κ1) is 26.4. The van der Waals surface area contributed by atoms with Gasteiger partial charge in [0.25, 0.3) is 5.91 Å². The number of carbonyl (C=O) groups is 1. The van der Waals surface area contributed by atoms with Crippen molar-refractivity contribution in [3.8, 4) is 5.75 Å². The van der Waals surface area contributed by atoms with E-state index in [4.69, 9.17) is 16.3 Å². The highest BCUT2D eigenvalue weighted by molar-refractivity contribution is 6.05. The second-order valence-electron chi connectivity index (χ2n) is 8.12. The molecule has 190 valence electrons. The highest BCUT2D eigenvalue weighted by Gasteiger charge is 2.31. The fraction of sp³-hybridized carbons (Fsp3) is 0.200. The van der Waals surface area contributed by atoms with Crippen LogP contribution in [-0.4, -0.2) is 17.6 Å². The number of hydrogen-bond acceptors (Lipinski definition) is 5. The van der Waals surface area contributed by atoms with E-state index in [0.29, 0.717) is 11.4 Å². The van der Waals surface area contributed by atoms with Crippen LogP contribution in [-0.2, 0) is 13.2 Å². The largest absolute Gasteiger partial charge is 0.489 e. The molecule has 8 nitrogen and oxygen atoms in total. The SMILES string of the molecule is C=CCOc1cc(NC(=O)c2ccc(C)c(N(N)C=C(N)c3c[nH][n+](C)c3C)c2)cc(C(F)(F)F)c1. The lowest BCUT2D eigenvalue weighted by atomic mass is 10.1. The summed E-state index contributed by atoms with van der Waals surface area (Å²) in [7, 11) is 1.84. The van der Waals surface area contributed by atoms with Gasteiger partial charge in [-0.2, -0.15) is 18.3 Å². The molecule has 3 aromatic rings. The second kappa shape index (κ2) is 10.6. The zero-order valence-corrected chi connectivity index (χ0v) is 20.1. The molecule has 1 amide bonds. The Balaban J connectivity index is 1.88. The summed E-state index contributed by atoms with van der Waals surface area (Å²) in [6.45, 7) is 7.19. The number of ether oxygens (including phenoxy) is 1. The number of aromatic nitrogens is 2. The number of rotatable bonds is 8. The molecule has 0 unspecified atom stereocenters. The summed E-state index contributed by atoms with van der Waals surface area (Å²) >= 11 is 0. The van der Waals surface area contributed by atoms with Crippen molar-refractivity contribution in [2.45, 2.75) is 20.0 Å². The van der Waals surface area contributed by atoms with Crippen LogP contribution in [0, 0.1) is 13.8 Å². The molecule has 1 heterocycles. The average Bonchev–Trinajstić information content (AvgIpc) is 3.15. The van der Waals surface area contributed by atoms with Gasteiger partial charge in [-0.15, -0.1) is 4.68 Å². The Hall–Kier alpha value is -4.25. The number of nitrogens with one attached hydrogen (secondary N) is 2. The number of aryl methyl sites for hydroxylation is 2. The molecular formula is C25H28F3N6O2+. The zero-order valence-electron chi connectivity index (χ0n) is 20.1. The normalized spacial score (nSPS) is 11.8. The summed E-state index contributed by atoms with van der Waals surface area (Å²) in [5.74, 6) is 5.55. The number of aromatic amines is 1. The smallest absolute Gasteiger partial charge is 0.416 e. The zero-order chi connectivity index (χ0) is 26.6. The van der Waals surface area contributed by atoms with Crippen molar-refractivity contribution in [1.82, 2.24) is 5.10 Å². The van der Waals surface area contributed by atoms with Crippen molar-refractivity contribution in [2.24, 2.45) is 18.6 Å². The lowest BCUT2D eigenvalue weighted by molar-refractivity contribution is -0.732. The molecule has 0 saturated heterocycles. The van der Waals surface area contributed by atoms with E-state index in [2.05, 4.69) is 17.0 Å². The lowest BCUT2D eigenvalue weighted by Crippen LogP contribution is -2.33. The lowest BCUT2D eigenvalue weighted by Gasteiger charge is -2.19.